The molecule has 0 aromatic heterocycles. The molecule has 1 unspecified atom stereocenters. The normalized spacial score (nSPS) is 16.9. The van der Waals surface area contributed by atoms with E-state index in [1.54, 1.807) is 4.90 Å². The Morgan fingerprint density at radius 3 is 2.65 bits per heavy atom. The van der Waals surface area contributed by atoms with Crippen LogP contribution in [0.4, 0.5) is 4.79 Å². The lowest BCUT2D eigenvalue weighted by atomic mass is 10.0. The number of rotatable bonds is 6. The molecule has 4 heteroatoms. The summed E-state index contributed by atoms with van der Waals surface area (Å²) in [6, 6.07) is 8.78. The number of amides is 2. The standard InChI is InChI=1S/C16H25N3O/c1-4-9-17-15(14-8-6-5-7-13(14)2)12-19-11-10-18(3)16(19)20/h5-8,15,17H,4,9-12H2,1-3H3. The van der Waals surface area contributed by atoms with Gasteiger partial charge in [0.15, 0.2) is 0 Å². The van der Waals surface area contributed by atoms with Crippen molar-refractivity contribution in [3.63, 3.8) is 0 Å². The zero-order valence-corrected chi connectivity index (χ0v) is 12.7. The van der Waals surface area contributed by atoms with Crippen LogP contribution in [0.5, 0.6) is 0 Å². The maximum absolute atomic E-state index is 12.1. The molecule has 0 bridgehead atoms. The van der Waals surface area contributed by atoms with Gasteiger partial charge in [0, 0.05) is 26.7 Å². The lowest BCUT2D eigenvalue weighted by molar-refractivity contribution is 0.194. The van der Waals surface area contributed by atoms with Crippen molar-refractivity contribution in [2.75, 3.05) is 33.2 Å². The molecule has 0 saturated carbocycles. The number of nitrogens with zero attached hydrogens (tertiary/aromatic N) is 2. The zero-order valence-electron chi connectivity index (χ0n) is 12.7. The third-order valence-corrected chi connectivity index (χ3v) is 3.91. The Kier molecular flexibility index (Phi) is 5.01. The first-order valence-electron chi connectivity index (χ1n) is 7.42. The minimum absolute atomic E-state index is 0.141. The number of carbonyl (C=O) groups is 1. The van der Waals surface area contributed by atoms with Gasteiger partial charge in [-0.1, -0.05) is 31.2 Å². The fraction of sp³-hybridized carbons (Fsp3) is 0.562. The first-order chi connectivity index (χ1) is 9.63. The van der Waals surface area contributed by atoms with E-state index in [1.165, 1.54) is 11.1 Å². The van der Waals surface area contributed by atoms with Crippen LogP contribution in [0.15, 0.2) is 24.3 Å². The molecule has 1 aromatic rings. The van der Waals surface area contributed by atoms with Crippen LogP contribution in [0.25, 0.3) is 0 Å². The SMILES string of the molecule is CCCNC(CN1CCN(C)C1=O)c1ccccc1C. The molecule has 1 aliphatic rings. The summed E-state index contributed by atoms with van der Waals surface area (Å²) >= 11 is 0. The highest BCUT2D eigenvalue weighted by atomic mass is 16.2. The first-order valence-corrected chi connectivity index (χ1v) is 7.42. The fourth-order valence-electron chi connectivity index (χ4n) is 2.66. The van der Waals surface area contributed by atoms with Gasteiger partial charge < -0.3 is 15.1 Å². The van der Waals surface area contributed by atoms with Gasteiger partial charge in [-0.15, -0.1) is 0 Å². The van der Waals surface area contributed by atoms with Gasteiger partial charge in [-0.05, 0) is 31.0 Å². The third-order valence-electron chi connectivity index (χ3n) is 3.91. The predicted octanol–water partition coefficient (Wildman–Crippen LogP) is 2.40. The average Bonchev–Trinajstić information content (AvgIpc) is 2.76. The Bertz CT molecular complexity index is 461. The molecule has 20 heavy (non-hydrogen) atoms. The molecule has 1 heterocycles. The summed E-state index contributed by atoms with van der Waals surface area (Å²) in [5.74, 6) is 0. The molecule has 0 radical (unpaired) electrons. The summed E-state index contributed by atoms with van der Waals surface area (Å²) in [5, 5.41) is 3.58. The molecule has 1 N–H and O–H groups in total. The summed E-state index contributed by atoms with van der Waals surface area (Å²) in [4.78, 5) is 15.8. The van der Waals surface area contributed by atoms with E-state index in [0.717, 1.165) is 32.6 Å². The van der Waals surface area contributed by atoms with Crippen molar-refractivity contribution in [2.45, 2.75) is 26.3 Å². The molecular formula is C16H25N3O. The highest BCUT2D eigenvalue weighted by molar-refractivity contribution is 5.76. The van der Waals surface area contributed by atoms with Gasteiger partial charge in [-0.2, -0.15) is 0 Å². The van der Waals surface area contributed by atoms with Crippen LogP contribution >= 0.6 is 0 Å². The largest absolute Gasteiger partial charge is 0.326 e. The Balaban J connectivity index is 2.12. The van der Waals surface area contributed by atoms with Gasteiger partial charge in [0.25, 0.3) is 0 Å². The van der Waals surface area contributed by atoms with E-state index in [4.69, 9.17) is 0 Å². The van der Waals surface area contributed by atoms with Crippen LogP contribution in [-0.2, 0) is 0 Å². The lowest BCUT2D eigenvalue weighted by Crippen LogP contribution is -2.38. The van der Waals surface area contributed by atoms with E-state index in [2.05, 4.69) is 43.4 Å². The maximum Gasteiger partial charge on any atom is 0.319 e. The molecule has 1 aliphatic heterocycles. The van der Waals surface area contributed by atoms with Crippen LogP contribution in [-0.4, -0.2) is 49.1 Å². The summed E-state index contributed by atoms with van der Waals surface area (Å²) < 4.78 is 0. The van der Waals surface area contributed by atoms with Crippen molar-refractivity contribution >= 4 is 6.03 Å². The van der Waals surface area contributed by atoms with E-state index < -0.39 is 0 Å². The Labute approximate surface area is 121 Å². The molecule has 1 aromatic carbocycles. The highest BCUT2D eigenvalue weighted by Crippen LogP contribution is 2.20. The number of hydrogen-bond acceptors (Lipinski definition) is 2. The second-order valence-corrected chi connectivity index (χ2v) is 5.51. The molecule has 110 valence electrons. The topological polar surface area (TPSA) is 35.6 Å². The molecule has 4 nitrogen and oxygen atoms in total. The molecular weight excluding hydrogens is 250 g/mol. The number of benzene rings is 1. The molecule has 2 amide bonds. The summed E-state index contributed by atoms with van der Waals surface area (Å²) in [6.45, 7) is 7.66. The molecule has 1 saturated heterocycles. The van der Waals surface area contributed by atoms with E-state index in [0.29, 0.717) is 0 Å². The Hall–Kier alpha value is -1.55. The predicted molar refractivity (Wildman–Crippen MR) is 81.8 cm³/mol. The van der Waals surface area contributed by atoms with Crippen LogP contribution < -0.4 is 5.32 Å². The van der Waals surface area contributed by atoms with Crippen molar-refractivity contribution in [2.24, 2.45) is 0 Å². The molecule has 0 spiro atoms. The van der Waals surface area contributed by atoms with Crippen molar-refractivity contribution in [3.8, 4) is 0 Å². The minimum atomic E-state index is 0.141. The quantitative estimate of drug-likeness (QED) is 0.865. The minimum Gasteiger partial charge on any atom is -0.326 e. The van der Waals surface area contributed by atoms with Gasteiger partial charge in [-0.25, -0.2) is 4.79 Å². The van der Waals surface area contributed by atoms with Crippen molar-refractivity contribution in [3.05, 3.63) is 35.4 Å². The Morgan fingerprint density at radius 1 is 1.30 bits per heavy atom. The highest BCUT2D eigenvalue weighted by Gasteiger charge is 2.28. The monoisotopic (exact) mass is 275 g/mol. The molecule has 2 rings (SSSR count). The van der Waals surface area contributed by atoms with Crippen LogP contribution in [0.2, 0.25) is 0 Å². The average molecular weight is 275 g/mol. The second kappa shape index (κ2) is 6.75. The van der Waals surface area contributed by atoms with Gasteiger partial charge >= 0.3 is 6.03 Å². The number of nitrogens with one attached hydrogen (secondary N) is 1. The van der Waals surface area contributed by atoms with Gasteiger partial charge in [0.1, 0.15) is 0 Å². The van der Waals surface area contributed by atoms with Crippen molar-refractivity contribution in [1.29, 1.82) is 0 Å². The fourth-order valence-corrected chi connectivity index (χ4v) is 2.66. The van der Waals surface area contributed by atoms with Gasteiger partial charge in [0.2, 0.25) is 0 Å². The van der Waals surface area contributed by atoms with Crippen molar-refractivity contribution < 1.29 is 4.79 Å². The van der Waals surface area contributed by atoms with E-state index in [9.17, 15) is 4.79 Å². The molecule has 1 atom stereocenters. The molecule has 0 aliphatic carbocycles. The summed E-state index contributed by atoms with van der Waals surface area (Å²) in [7, 11) is 1.87. The second-order valence-electron chi connectivity index (χ2n) is 5.51. The van der Waals surface area contributed by atoms with E-state index >= 15 is 0 Å². The lowest BCUT2D eigenvalue weighted by Gasteiger charge is -2.26. The van der Waals surface area contributed by atoms with Crippen molar-refractivity contribution in [1.82, 2.24) is 15.1 Å². The van der Waals surface area contributed by atoms with Gasteiger partial charge in [0.05, 0.1) is 6.04 Å². The number of hydrogen-bond donors (Lipinski definition) is 1. The van der Waals surface area contributed by atoms with Gasteiger partial charge in [-0.3, -0.25) is 0 Å². The number of urea groups is 1. The van der Waals surface area contributed by atoms with E-state index in [-0.39, 0.29) is 12.1 Å². The number of aryl methyl sites for hydroxylation is 1. The van der Waals surface area contributed by atoms with Crippen LogP contribution in [0, 0.1) is 6.92 Å². The van der Waals surface area contributed by atoms with Crippen LogP contribution in [0.3, 0.4) is 0 Å². The third kappa shape index (κ3) is 3.31. The number of carbonyl (C=O) groups excluding carboxylic acids is 1. The van der Waals surface area contributed by atoms with E-state index in [1.807, 2.05) is 11.9 Å². The maximum atomic E-state index is 12.1. The first kappa shape index (κ1) is 14.9. The Morgan fingerprint density at radius 2 is 2.05 bits per heavy atom. The van der Waals surface area contributed by atoms with Crippen LogP contribution in [0.1, 0.15) is 30.5 Å². The molecule has 1 fully saturated rings. The summed E-state index contributed by atoms with van der Waals surface area (Å²) in [6.07, 6.45) is 1.09. The summed E-state index contributed by atoms with van der Waals surface area (Å²) in [5.41, 5.74) is 2.57. The number of likely N-dealkylation sites (N-methyl/N-ethyl adjacent to an activating group) is 1. The smallest absolute Gasteiger partial charge is 0.319 e. The zero-order chi connectivity index (χ0) is 14.5.